The Morgan fingerprint density at radius 2 is 1.93 bits per heavy atom. The molecule has 1 saturated heterocycles. The van der Waals surface area contributed by atoms with E-state index in [1.54, 1.807) is 6.07 Å². The number of imidazole rings is 1. The Balaban J connectivity index is 1.62. The van der Waals surface area contributed by atoms with Crippen molar-refractivity contribution >= 4 is 34.2 Å². The van der Waals surface area contributed by atoms with Gasteiger partial charge in [0.1, 0.15) is 11.5 Å². The van der Waals surface area contributed by atoms with Crippen molar-refractivity contribution in [2.24, 2.45) is 0 Å². The molecular weight excluding hydrogens is 364 g/mol. The van der Waals surface area contributed by atoms with Gasteiger partial charge in [0.2, 0.25) is 0 Å². The topological polar surface area (TPSA) is 142 Å². The van der Waals surface area contributed by atoms with Gasteiger partial charge in [-0.3, -0.25) is 10.1 Å². The van der Waals surface area contributed by atoms with Crippen molar-refractivity contribution in [1.82, 2.24) is 14.9 Å². The highest BCUT2D eigenvalue weighted by Crippen LogP contribution is 2.29. The maximum Gasteiger partial charge on any atom is 0.407 e. The highest BCUT2D eigenvalue weighted by atomic mass is 16.6. The van der Waals surface area contributed by atoms with Crippen molar-refractivity contribution < 1.29 is 14.8 Å². The van der Waals surface area contributed by atoms with Crippen LogP contribution in [0.3, 0.4) is 0 Å². The Kier molecular flexibility index (Phi) is 4.22. The molecular formula is C18H18N6O4. The van der Waals surface area contributed by atoms with E-state index in [0.717, 1.165) is 16.7 Å². The van der Waals surface area contributed by atoms with Crippen LogP contribution >= 0.6 is 0 Å². The minimum Gasteiger partial charge on any atom is -0.465 e. The summed E-state index contributed by atoms with van der Waals surface area (Å²) >= 11 is 0. The van der Waals surface area contributed by atoms with Crippen LogP contribution in [0.4, 0.5) is 21.9 Å². The standard InChI is InChI=1S/C18H18N6O4/c19-13-3-1-11(9-16(13)24(27)28)17-20-14-4-2-12(10-15(14)21-17)22-5-7-23(8-6-22)18(25)26/h1-4,9-10H,5-8,19H2,(H,20,21)(H,25,26). The van der Waals surface area contributed by atoms with Crippen molar-refractivity contribution in [2.45, 2.75) is 0 Å². The number of hydrogen-bond donors (Lipinski definition) is 3. The fraction of sp³-hybridized carbons (Fsp3) is 0.222. The number of carbonyl (C=O) groups is 1. The number of nitrogens with zero attached hydrogens (tertiary/aromatic N) is 4. The molecule has 1 fully saturated rings. The normalized spacial score (nSPS) is 14.4. The predicted molar refractivity (Wildman–Crippen MR) is 104 cm³/mol. The van der Waals surface area contributed by atoms with Crippen LogP contribution in [0, 0.1) is 10.1 Å². The molecule has 0 aliphatic carbocycles. The summed E-state index contributed by atoms with van der Waals surface area (Å²) in [6, 6.07) is 10.3. The number of amides is 1. The van der Waals surface area contributed by atoms with Gasteiger partial charge in [0.05, 0.1) is 16.0 Å². The molecule has 2 heterocycles. The molecule has 4 rings (SSSR count). The second-order valence-corrected chi connectivity index (χ2v) is 6.57. The molecule has 2 aromatic carbocycles. The van der Waals surface area contributed by atoms with Crippen LogP contribution in [-0.4, -0.2) is 57.2 Å². The van der Waals surface area contributed by atoms with Crippen LogP contribution < -0.4 is 10.6 Å². The number of H-pyrrole nitrogens is 1. The lowest BCUT2D eigenvalue weighted by Crippen LogP contribution is -2.48. The molecule has 4 N–H and O–H groups in total. The molecule has 0 saturated carbocycles. The molecule has 0 atom stereocenters. The Hall–Kier alpha value is -3.82. The van der Waals surface area contributed by atoms with Crippen LogP contribution in [0.25, 0.3) is 22.4 Å². The maximum atomic E-state index is 11.1. The first kappa shape index (κ1) is 17.6. The fourth-order valence-corrected chi connectivity index (χ4v) is 3.34. The monoisotopic (exact) mass is 382 g/mol. The van der Waals surface area contributed by atoms with E-state index in [1.165, 1.54) is 17.0 Å². The summed E-state index contributed by atoms with van der Waals surface area (Å²) in [6.07, 6.45) is -0.897. The summed E-state index contributed by atoms with van der Waals surface area (Å²) < 4.78 is 0. The van der Waals surface area contributed by atoms with Crippen LogP contribution in [0.1, 0.15) is 0 Å². The third kappa shape index (κ3) is 3.15. The lowest BCUT2D eigenvalue weighted by atomic mass is 10.1. The van der Waals surface area contributed by atoms with E-state index in [4.69, 9.17) is 10.8 Å². The Morgan fingerprint density at radius 3 is 2.61 bits per heavy atom. The molecule has 10 nitrogen and oxygen atoms in total. The molecule has 1 amide bonds. The number of carboxylic acid groups (broad SMARTS) is 1. The van der Waals surface area contributed by atoms with Crippen molar-refractivity contribution in [2.75, 3.05) is 36.8 Å². The molecule has 3 aromatic rings. The number of benzene rings is 2. The number of nitrogen functional groups attached to an aromatic ring is 1. The summed E-state index contributed by atoms with van der Waals surface area (Å²) in [4.78, 5) is 32.9. The number of aromatic amines is 1. The molecule has 1 aliphatic rings. The van der Waals surface area contributed by atoms with Gasteiger partial charge in [0, 0.05) is 43.5 Å². The number of fused-ring (bicyclic) bond motifs is 1. The first-order valence-electron chi connectivity index (χ1n) is 8.69. The molecule has 0 unspecified atom stereocenters. The molecule has 10 heteroatoms. The van der Waals surface area contributed by atoms with Crippen LogP contribution in [0.5, 0.6) is 0 Å². The lowest BCUT2D eigenvalue weighted by Gasteiger charge is -2.34. The van der Waals surface area contributed by atoms with Crippen molar-refractivity contribution in [3.63, 3.8) is 0 Å². The molecule has 0 bridgehead atoms. The largest absolute Gasteiger partial charge is 0.465 e. The van der Waals surface area contributed by atoms with Crippen molar-refractivity contribution in [3.8, 4) is 11.4 Å². The number of nitro benzene ring substituents is 1. The third-order valence-electron chi connectivity index (χ3n) is 4.88. The van der Waals surface area contributed by atoms with Gasteiger partial charge in [0.15, 0.2) is 0 Å². The second-order valence-electron chi connectivity index (χ2n) is 6.57. The van der Waals surface area contributed by atoms with Gasteiger partial charge < -0.3 is 25.6 Å². The summed E-state index contributed by atoms with van der Waals surface area (Å²) in [5.74, 6) is 0.519. The highest BCUT2D eigenvalue weighted by molar-refractivity contribution is 5.83. The maximum absolute atomic E-state index is 11.1. The Labute approximate surface area is 159 Å². The minimum absolute atomic E-state index is 0.104. The van der Waals surface area contributed by atoms with Gasteiger partial charge in [-0.1, -0.05) is 0 Å². The Bertz CT molecular complexity index is 1070. The average molecular weight is 382 g/mol. The van der Waals surface area contributed by atoms with Gasteiger partial charge in [-0.2, -0.15) is 0 Å². The van der Waals surface area contributed by atoms with Gasteiger partial charge in [0.25, 0.3) is 5.69 Å². The van der Waals surface area contributed by atoms with Gasteiger partial charge >= 0.3 is 6.09 Å². The number of hydrogen-bond acceptors (Lipinski definition) is 6. The number of anilines is 2. The number of piperazine rings is 1. The van der Waals surface area contributed by atoms with E-state index in [2.05, 4.69) is 14.9 Å². The summed E-state index contributed by atoms with van der Waals surface area (Å²) in [7, 11) is 0. The van der Waals surface area contributed by atoms with E-state index in [-0.39, 0.29) is 11.4 Å². The quantitative estimate of drug-likeness (QED) is 0.359. The number of aromatic nitrogens is 2. The Morgan fingerprint density at radius 1 is 1.18 bits per heavy atom. The zero-order chi connectivity index (χ0) is 19.8. The predicted octanol–water partition coefficient (Wildman–Crippen LogP) is 2.52. The number of nitrogens with two attached hydrogens (primary N) is 1. The first-order valence-corrected chi connectivity index (χ1v) is 8.69. The van der Waals surface area contributed by atoms with Crippen LogP contribution in [0.2, 0.25) is 0 Å². The van der Waals surface area contributed by atoms with Crippen LogP contribution in [0.15, 0.2) is 36.4 Å². The number of nitrogens with one attached hydrogen (secondary N) is 1. The summed E-state index contributed by atoms with van der Waals surface area (Å²) in [6.45, 7) is 2.14. The first-order chi connectivity index (χ1) is 13.4. The van der Waals surface area contributed by atoms with Crippen molar-refractivity contribution in [1.29, 1.82) is 0 Å². The van der Waals surface area contributed by atoms with Crippen LogP contribution in [-0.2, 0) is 0 Å². The number of nitro groups is 1. The highest BCUT2D eigenvalue weighted by Gasteiger charge is 2.21. The smallest absolute Gasteiger partial charge is 0.407 e. The summed E-state index contributed by atoms with van der Waals surface area (Å²) in [5.41, 5.74) is 8.69. The van der Waals surface area contributed by atoms with Crippen molar-refractivity contribution in [3.05, 3.63) is 46.5 Å². The van der Waals surface area contributed by atoms with Gasteiger partial charge in [-0.15, -0.1) is 0 Å². The molecule has 1 aromatic heterocycles. The molecule has 28 heavy (non-hydrogen) atoms. The molecule has 0 radical (unpaired) electrons. The van der Waals surface area contributed by atoms with Gasteiger partial charge in [-0.05, 0) is 30.3 Å². The minimum atomic E-state index is -0.897. The molecule has 0 spiro atoms. The molecule has 144 valence electrons. The van der Waals surface area contributed by atoms with E-state index in [1.807, 2.05) is 18.2 Å². The summed E-state index contributed by atoms with van der Waals surface area (Å²) in [5, 5.41) is 20.2. The van der Waals surface area contributed by atoms with E-state index in [0.29, 0.717) is 37.6 Å². The molecule has 1 aliphatic heterocycles. The third-order valence-corrected chi connectivity index (χ3v) is 4.88. The average Bonchev–Trinajstić information content (AvgIpc) is 3.11. The second kappa shape index (κ2) is 6.72. The van der Waals surface area contributed by atoms with E-state index < -0.39 is 11.0 Å². The fourth-order valence-electron chi connectivity index (χ4n) is 3.34. The zero-order valence-electron chi connectivity index (χ0n) is 14.8. The SMILES string of the molecule is Nc1ccc(-c2nc3ccc(N4CCN(C(=O)O)CC4)cc3[nH]2)cc1[N+](=O)[O-]. The van der Waals surface area contributed by atoms with E-state index >= 15 is 0 Å². The zero-order valence-corrected chi connectivity index (χ0v) is 14.8. The van der Waals surface area contributed by atoms with Gasteiger partial charge in [-0.25, -0.2) is 9.78 Å². The number of rotatable bonds is 3. The van der Waals surface area contributed by atoms with E-state index in [9.17, 15) is 14.9 Å². The lowest BCUT2D eigenvalue weighted by molar-refractivity contribution is -0.383.